The van der Waals surface area contributed by atoms with Crippen LogP contribution in [0.25, 0.3) is 0 Å². The van der Waals surface area contributed by atoms with Gasteiger partial charge < -0.3 is 15.4 Å². The van der Waals surface area contributed by atoms with Gasteiger partial charge in [-0.25, -0.2) is 8.78 Å². The number of nitrogens with one attached hydrogen (secondary N) is 2. The highest BCUT2D eigenvalue weighted by molar-refractivity contribution is 5.79. The molecule has 126 valence electrons. The standard InChI is InChI=1S/C18H19F2N3O/c1-21-18(22-10-13-8-14(19)6-7-16(13)20)23-11-15-9-12-4-2-3-5-17(12)24-15/h2-8,15H,9-11H2,1H3,(H2,21,22,23). The van der Waals surface area contributed by atoms with Gasteiger partial charge in [-0.05, 0) is 29.8 Å². The first-order valence-electron chi connectivity index (χ1n) is 7.78. The molecule has 0 aliphatic carbocycles. The van der Waals surface area contributed by atoms with Crippen LogP contribution in [-0.4, -0.2) is 25.7 Å². The molecule has 0 amide bonds. The molecule has 0 aromatic heterocycles. The van der Waals surface area contributed by atoms with E-state index >= 15 is 0 Å². The summed E-state index contributed by atoms with van der Waals surface area (Å²) in [6.07, 6.45) is 0.852. The quantitative estimate of drug-likeness (QED) is 0.669. The highest BCUT2D eigenvalue weighted by Gasteiger charge is 2.22. The van der Waals surface area contributed by atoms with Crippen molar-refractivity contribution >= 4 is 5.96 Å². The smallest absolute Gasteiger partial charge is 0.191 e. The Morgan fingerprint density at radius 2 is 2.04 bits per heavy atom. The second-order valence-electron chi connectivity index (χ2n) is 5.59. The van der Waals surface area contributed by atoms with E-state index in [9.17, 15) is 8.78 Å². The normalized spacial score (nSPS) is 16.5. The summed E-state index contributed by atoms with van der Waals surface area (Å²) >= 11 is 0. The lowest BCUT2D eigenvalue weighted by molar-refractivity contribution is 0.235. The number of hydrogen-bond donors (Lipinski definition) is 2. The molecule has 0 saturated carbocycles. The van der Waals surface area contributed by atoms with Crippen molar-refractivity contribution in [2.45, 2.75) is 19.1 Å². The Kier molecular flexibility index (Phi) is 4.93. The molecule has 2 aromatic rings. The minimum absolute atomic E-state index is 0.0202. The average Bonchev–Trinajstić information content (AvgIpc) is 3.00. The van der Waals surface area contributed by atoms with Crippen LogP contribution in [0.5, 0.6) is 5.75 Å². The summed E-state index contributed by atoms with van der Waals surface area (Å²) in [5, 5.41) is 6.12. The zero-order chi connectivity index (χ0) is 16.9. The molecule has 0 fully saturated rings. The molecule has 1 heterocycles. The van der Waals surface area contributed by atoms with E-state index in [1.807, 2.05) is 18.2 Å². The molecule has 1 atom stereocenters. The van der Waals surface area contributed by atoms with E-state index in [-0.39, 0.29) is 18.2 Å². The van der Waals surface area contributed by atoms with Crippen LogP contribution in [0.4, 0.5) is 8.78 Å². The van der Waals surface area contributed by atoms with Crippen LogP contribution in [0, 0.1) is 11.6 Å². The van der Waals surface area contributed by atoms with Crippen LogP contribution < -0.4 is 15.4 Å². The lowest BCUT2D eigenvalue weighted by Gasteiger charge is -2.16. The van der Waals surface area contributed by atoms with Gasteiger partial charge in [0.25, 0.3) is 0 Å². The van der Waals surface area contributed by atoms with Crippen molar-refractivity contribution in [2.75, 3.05) is 13.6 Å². The Hall–Kier alpha value is -2.63. The maximum absolute atomic E-state index is 13.6. The van der Waals surface area contributed by atoms with Gasteiger partial charge in [0.2, 0.25) is 0 Å². The molecule has 0 radical (unpaired) electrons. The minimum atomic E-state index is -0.465. The third-order valence-corrected chi connectivity index (χ3v) is 3.89. The molecule has 4 nitrogen and oxygen atoms in total. The third kappa shape index (κ3) is 3.82. The van der Waals surface area contributed by atoms with Gasteiger partial charge in [0, 0.05) is 25.6 Å². The van der Waals surface area contributed by atoms with Gasteiger partial charge in [-0.1, -0.05) is 18.2 Å². The van der Waals surface area contributed by atoms with E-state index in [1.54, 1.807) is 7.05 Å². The van der Waals surface area contributed by atoms with E-state index in [2.05, 4.69) is 21.7 Å². The van der Waals surface area contributed by atoms with Crippen molar-refractivity contribution in [3.8, 4) is 5.75 Å². The fourth-order valence-electron chi connectivity index (χ4n) is 2.66. The van der Waals surface area contributed by atoms with Crippen molar-refractivity contribution < 1.29 is 13.5 Å². The van der Waals surface area contributed by atoms with E-state index in [1.165, 1.54) is 11.6 Å². The lowest BCUT2D eigenvalue weighted by Crippen LogP contribution is -2.42. The number of ether oxygens (including phenoxy) is 1. The summed E-state index contributed by atoms with van der Waals surface area (Å²) in [6, 6.07) is 11.3. The van der Waals surface area contributed by atoms with Gasteiger partial charge in [0.1, 0.15) is 23.5 Å². The van der Waals surface area contributed by atoms with Crippen LogP contribution in [0.2, 0.25) is 0 Å². The fraction of sp³-hybridized carbons (Fsp3) is 0.278. The number of benzene rings is 2. The number of fused-ring (bicyclic) bond motifs is 1. The summed E-state index contributed by atoms with van der Waals surface area (Å²) < 4.78 is 32.6. The molecule has 0 bridgehead atoms. The van der Waals surface area contributed by atoms with Crippen LogP contribution >= 0.6 is 0 Å². The van der Waals surface area contributed by atoms with Crippen molar-refractivity contribution in [2.24, 2.45) is 4.99 Å². The summed E-state index contributed by atoms with van der Waals surface area (Å²) in [5.41, 5.74) is 1.44. The summed E-state index contributed by atoms with van der Waals surface area (Å²) in [6.45, 7) is 0.717. The first-order valence-corrected chi connectivity index (χ1v) is 7.78. The molecular formula is C18H19F2N3O. The first-order chi connectivity index (χ1) is 11.7. The van der Waals surface area contributed by atoms with Crippen molar-refractivity contribution in [1.29, 1.82) is 0 Å². The molecule has 3 rings (SSSR count). The number of rotatable bonds is 4. The van der Waals surface area contributed by atoms with Crippen LogP contribution in [-0.2, 0) is 13.0 Å². The zero-order valence-electron chi connectivity index (χ0n) is 13.4. The number of aliphatic imine (C=N–C) groups is 1. The third-order valence-electron chi connectivity index (χ3n) is 3.89. The van der Waals surface area contributed by atoms with Crippen LogP contribution in [0.3, 0.4) is 0 Å². The Morgan fingerprint density at radius 3 is 2.83 bits per heavy atom. The molecule has 0 saturated heterocycles. The van der Waals surface area contributed by atoms with E-state index < -0.39 is 11.6 Å². The predicted octanol–water partition coefficient (Wildman–Crippen LogP) is 2.63. The molecule has 0 spiro atoms. The van der Waals surface area contributed by atoms with Crippen LogP contribution in [0.1, 0.15) is 11.1 Å². The molecule has 2 N–H and O–H groups in total. The van der Waals surface area contributed by atoms with Crippen molar-refractivity contribution in [3.63, 3.8) is 0 Å². The summed E-state index contributed by atoms with van der Waals surface area (Å²) in [7, 11) is 1.63. The highest BCUT2D eigenvalue weighted by atomic mass is 19.1. The largest absolute Gasteiger partial charge is 0.488 e. The second-order valence-corrected chi connectivity index (χ2v) is 5.59. The van der Waals surface area contributed by atoms with Crippen molar-refractivity contribution in [3.05, 3.63) is 65.2 Å². The number of hydrogen-bond acceptors (Lipinski definition) is 2. The highest BCUT2D eigenvalue weighted by Crippen LogP contribution is 2.27. The fourth-order valence-corrected chi connectivity index (χ4v) is 2.66. The van der Waals surface area contributed by atoms with Gasteiger partial charge in [-0.15, -0.1) is 0 Å². The Balaban J connectivity index is 1.50. The van der Waals surface area contributed by atoms with Gasteiger partial charge in [-0.3, -0.25) is 4.99 Å². The number of guanidine groups is 1. The van der Waals surface area contributed by atoms with Crippen LogP contribution in [0.15, 0.2) is 47.5 Å². The molecule has 24 heavy (non-hydrogen) atoms. The maximum atomic E-state index is 13.6. The van der Waals surface area contributed by atoms with Gasteiger partial charge in [0.15, 0.2) is 5.96 Å². The summed E-state index contributed by atoms with van der Waals surface area (Å²) in [4.78, 5) is 4.09. The number of nitrogens with zero attached hydrogens (tertiary/aromatic N) is 1. The van der Waals surface area contributed by atoms with Gasteiger partial charge in [0.05, 0.1) is 6.54 Å². The summed E-state index contributed by atoms with van der Waals surface area (Å²) in [5.74, 6) is 0.509. The molecule has 6 heteroatoms. The van der Waals surface area contributed by atoms with Gasteiger partial charge in [-0.2, -0.15) is 0 Å². The molecule has 1 unspecified atom stereocenters. The van der Waals surface area contributed by atoms with Gasteiger partial charge >= 0.3 is 0 Å². The molecule has 2 aromatic carbocycles. The van der Waals surface area contributed by atoms with E-state index in [0.29, 0.717) is 12.5 Å². The van der Waals surface area contributed by atoms with Crippen molar-refractivity contribution in [1.82, 2.24) is 10.6 Å². The monoisotopic (exact) mass is 331 g/mol. The second kappa shape index (κ2) is 7.29. The SMILES string of the molecule is CN=C(NCc1cc(F)ccc1F)NCC1Cc2ccccc2O1. The maximum Gasteiger partial charge on any atom is 0.191 e. The predicted molar refractivity (Wildman–Crippen MR) is 89.1 cm³/mol. The zero-order valence-corrected chi connectivity index (χ0v) is 13.4. The Labute approximate surface area is 139 Å². The average molecular weight is 331 g/mol. The minimum Gasteiger partial charge on any atom is -0.488 e. The Bertz CT molecular complexity index is 724. The first kappa shape index (κ1) is 16.2. The Morgan fingerprint density at radius 1 is 1.21 bits per heavy atom. The molecular weight excluding hydrogens is 312 g/mol. The van der Waals surface area contributed by atoms with E-state index in [0.717, 1.165) is 24.3 Å². The molecule has 1 aliphatic heterocycles. The topological polar surface area (TPSA) is 45.7 Å². The number of para-hydroxylation sites is 1. The van der Waals surface area contributed by atoms with E-state index in [4.69, 9.17) is 4.74 Å². The molecule has 1 aliphatic rings. The number of halogens is 2. The lowest BCUT2D eigenvalue weighted by atomic mass is 10.1.